The van der Waals surface area contributed by atoms with Crippen LogP contribution in [0.2, 0.25) is 10.2 Å². The first-order valence-electron chi connectivity index (χ1n) is 5.42. The molecule has 0 amide bonds. The third kappa shape index (κ3) is 3.35. The van der Waals surface area contributed by atoms with Gasteiger partial charge in [-0.1, -0.05) is 35.3 Å². The summed E-state index contributed by atoms with van der Waals surface area (Å²) < 4.78 is 5.58. The number of halogens is 2. The standard InChI is InChI=1S/C13H12Cl2N2O/c14-11-5-6-13(15)17-12(11)8-18-10-3-1-9(7-16)2-4-10/h1-6H,7-8,16H2. The van der Waals surface area contributed by atoms with E-state index in [1.165, 1.54) is 0 Å². The Balaban J connectivity index is 2.04. The highest BCUT2D eigenvalue weighted by atomic mass is 35.5. The van der Waals surface area contributed by atoms with E-state index in [2.05, 4.69) is 4.98 Å². The molecule has 2 N–H and O–H groups in total. The van der Waals surface area contributed by atoms with Crippen LogP contribution in [0.4, 0.5) is 0 Å². The molecular weight excluding hydrogens is 271 g/mol. The summed E-state index contributed by atoms with van der Waals surface area (Å²) in [5.41, 5.74) is 7.19. The highest BCUT2D eigenvalue weighted by molar-refractivity contribution is 6.32. The Morgan fingerprint density at radius 1 is 1.06 bits per heavy atom. The van der Waals surface area contributed by atoms with Crippen LogP contribution in [0.25, 0.3) is 0 Å². The summed E-state index contributed by atoms with van der Waals surface area (Å²) in [5, 5.41) is 0.939. The van der Waals surface area contributed by atoms with Gasteiger partial charge in [-0.15, -0.1) is 0 Å². The number of pyridine rings is 1. The number of aromatic nitrogens is 1. The van der Waals surface area contributed by atoms with Gasteiger partial charge in [-0.25, -0.2) is 4.98 Å². The number of ether oxygens (including phenoxy) is 1. The summed E-state index contributed by atoms with van der Waals surface area (Å²) in [6.45, 7) is 0.795. The highest BCUT2D eigenvalue weighted by Crippen LogP contribution is 2.19. The first kappa shape index (κ1) is 13.1. The Labute approximate surface area is 115 Å². The molecule has 0 saturated carbocycles. The SMILES string of the molecule is NCc1ccc(OCc2nc(Cl)ccc2Cl)cc1. The molecule has 1 aromatic carbocycles. The summed E-state index contributed by atoms with van der Waals surface area (Å²) in [6, 6.07) is 10.9. The van der Waals surface area contributed by atoms with Crippen LogP contribution in [-0.2, 0) is 13.2 Å². The molecule has 0 radical (unpaired) electrons. The normalized spacial score (nSPS) is 10.4. The number of rotatable bonds is 4. The van der Waals surface area contributed by atoms with Gasteiger partial charge in [-0.2, -0.15) is 0 Å². The number of nitrogens with zero attached hydrogens (tertiary/aromatic N) is 1. The van der Waals surface area contributed by atoms with E-state index >= 15 is 0 Å². The average Bonchev–Trinajstić information content (AvgIpc) is 2.40. The van der Waals surface area contributed by atoms with Gasteiger partial charge in [-0.3, -0.25) is 0 Å². The van der Waals surface area contributed by atoms with Crippen molar-refractivity contribution in [1.82, 2.24) is 4.98 Å². The lowest BCUT2D eigenvalue weighted by atomic mass is 10.2. The monoisotopic (exact) mass is 282 g/mol. The first-order valence-corrected chi connectivity index (χ1v) is 6.17. The van der Waals surface area contributed by atoms with Gasteiger partial charge in [0.1, 0.15) is 17.5 Å². The molecule has 0 aliphatic carbocycles. The van der Waals surface area contributed by atoms with E-state index in [-0.39, 0.29) is 6.61 Å². The van der Waals surface area contributed by atoms with Crippen molar-refractivity contribution in [2.45, 2.75) is 13.2 Å². The maximum Gasteiger partial charge on any atom is 0.132 e. The van der Waals surface area contributed by atoms with Gasteiger partial charge in [0.25, 0.3) is 0 Å². The van der Waals surface area contributed by atoms with Gasteiger partial charge >= 0.3 is 0 Å². The Morgan fingerprint density at radius 3 is 2.44 bits per heavy atom. The summed E-state index contributed by atoms with van der Waals surface area (Å²) in [5.74, 6) is 0.741. The molecule has 94 valence electrons. The van der Waals surface area contributed by atoms with Crippen molar-refractivity contribution in [3.8, 4) is 5.75 Å². The van der Waals surface area contributed by atoms with Gasteiger partial charge in [0.05, 0.1) is 10.7 Å². The number of hydrogen-bond acceptors (Lipinski definition) is 3. The molecular formula is C13H12Cl2N2O. The van der Waals surface area contributed by atoms with Gasteiger partial charge in [-0.05, 0) is 29.8 Å². The van der Waals surface area contributed by atoms with E-state index < -0.39 is 0 Å². The molecule has 1 heterocycles. The van der Waals surface area contributed by atoms with Gasteiger partial charge in [0.2, 0.25) is 0 Å². The lowest BCUT2D eigenvalue weighted by molar-refractivity contribution is 0.301. The Kier molecular flexibility index (Phi) is 4.42. The van der Waals surface area contributed by atoms with Crippen molar-refractivity contribution < 1.29 is 4.74 Å². The van der Waals surface area contributed by atoms with Crippen LogP contribution in [-0.4, -0.2) is 4.98 Å². The highest BCUT2D eigenvalue weighted by Gasteiger charge is 2.04. The molecule has 0 bridgehead atoms. The molecule has 1 aromatic heterocycles. The van der Waals surface area contributed by atoms with Crippen LogP contribution in [0.3, 0.4) is 0 Å². The third-order valence-corrected chi connectivity index (χ3v) is 2.97. The molecule has 0 unspecified atom stereocenters. The maximum absolute atomic E-state index is 5.99. The van der Waals surface area contributed by atoms with Crippen LogP contribution < -0.4 is 10.5 Å². The van der Waals surface area contributed by atoms with Crippen molar-refractivity contribution in [3.05, 3.63) is 57.8 Å². The van der Waals surface area contributed by atoms with E-state index in [9.17, 15) is 0 Å². The third-order valence-electron chi connectivity index (χ3n) is 2.42. The second kappa shape index (κ2) is 6.05. The van der Waals surface area contributed by atoms with Gasteiger partial charge in [0, 0.05) is 6.54 Å². The van der Waals surface area contributed by atoms with E-state index in [0.717, 1.165) is 11.3 Å². The van der Waals surface area contributed by atoms with Crippen LogP contribution in [0.1, 0.15) is 11.3 Å². The van der Waals surface area contributed by atoms with E-state index in [1.54, 1.807) is 12.1 Å². The van der Waals surface area contributed by atoms with Crippen LogP contribution in [0, 0.1) is 0 Å². The van der Waals surface area contributed by atoms with Gasteiger partial charge in [0.15, 0.2) is 0 Å². The Hall–Kier alpha value is -1.29. The first-order chi connectivity index (χ1) is 8.69. The number of hydrogen-bond donors (Lipinski definition) is 1. The van der Waals surface area contributed by atoms with Gasteiger partial charge < -0.3 is 10.5 Å². The molecule has 0 aliphatic rings. The smallest absolute Gasteiger partial charge is 0.132 e. The fraction of sp³-hybridized carbons (Fsp3) is 0.154. The summed E-state index contributed by atoms with van der Waals surface area (Å²) in [4.78, 5) is 4.11. The van der Waals surface area contributed by atoms with E-state index in [4.69, 9.17) is 33.7 Å². The summed E-state index contributed by atoms with van der Waals surface area (Å²) >= 11 is 11.8. The second-order valence-electron chi connectivity index (χ2n) is 3.70. The fourth-order valence-corrected chi connectivity index (χ4v) is 1.76. The quantitative estimate of drug-likeness (QED) is 0.874. The summed E-state index contributed by atoms with van der Waals surface area (Å²) in [7, 11) is 0. The molecule has 3 nitrogen and oxygen atoms in total. The number of benzene rings is 1. The largest absolute Gasteiger partial charge is 0.487 e. The van der Waals surface area contributed by atoms with Crippen LogP contribution in [0.5, 0.6) is 5.75 Å². The van der Waals surface area contributed by atoms with Crippen molar-refractivity contribution in [3.63, 3.8) is 0 Å². The Bertz CT molecular complexity index is 529. The molecule has 0 atom stereocenters. The average molecular weight is 283 g/mol. The van der Waals surface area contributed by atoms with Crippen molar-refractivity contribution in [1.29, 1.82) is 0 Å². The lowest BCUT2D eigenvalue weighted by Gasteiger charge is -2.07. The molecule has 5 heteroatoms. The van der Waals surface area contributed by atoms with Crippen molar-refractivity contribution >= 4 is 23.2 Å². The van der Waals surface area contributed by atoms with Crippen LogP contribution in [0.15, 0.2) is 36.4 Å². The molecule has 2 aromatic rings. The topological polar surface area (TPSA) is 48.1 Å². The van der Waals surface area contributed by atoms with Crippen LogP contribution >= 0.6 is 23.2 Å². The Morgan fingerprint density at radius 2 is 1.78 bits per heavy atom. The minimum absolute atomic E-state index is 0.279. The number of nitrogens with two attached hydrogens (primary N) is 1. The zero-order chi connectivity index (χ0) is 13.0. The molecule has 0 aliphatic heterocycles. The van der Waals surface area contributed by atoms with E-state index in [1.807, 2.05) is 24.3 Å². The molecule has 2 rings (SSSR count). The zero-order valence-corrected chi connectivity index (χ0v) is 11.1. The van der Waals surface area contributed by atoms with E-state index in [0.29, 0.717) is 22.4 Å². The predicted octanol–water partition coefficient (Wildman–Crippen LogP) is 3.43. The second-order valence-corrected chi connectivity index (χ2v) is 4.49. The fourth-order valence-electron chi connectivity index (χ4n) is 1.43. The van der Waals surface area contributed by atoms with Crippen molar-refractivity contribution in [2.75, 3.05) is 0 Å². The zero-order valence-electron chi connectivity index (χ0n) is 9.57. The molecule has 0 saturated heterocycles. The lowest BCUT2D eigenvalue weighted by Crippen LogP contribution is -2.00. The molecule has 0 fully saturated rings. The minimum atomic E-state index is 0.279. The maximum atomic E-state index is 5.99. The molecule has 18 heavy (non-hydrogen) atoms. The van der Waals surface area contributed by atoms with Crippen molar-refractivity contribution in [2.24, 2.45) is 5.73 Å². The minimum Gasteiger partial charge on any atom is -0.487 e. The molecule has 0 spiro atoms. The predicted molar refractivity (Wildman–Crippen MR) is 72.9 cm³/mol. The summed E-state index contributed by atoms with van der Waals surface area (Å²) in [6.07, 6.45) is 0.